The quantitative estimate of drug-likeness (QED) is 0.790. The molecule has 1 heterocycles. The van der Waals surface area contributed by atoms with Crippen molar-refractivity contribution in [3.8, 4) is 0 Å². The normalized spacial score (nSPS) is 11.4. The van der Waals surface area contributed by atoms with Gasteiger partial charge in [0.25, 0.3) is 0 Å². The first-order valence-electron chi connectivity index (χ1n) is 6.41. The Morgan fingerprint density at radius 2 is 1.95 bits per heavy atom. The minimum Gasteiger partial charge on any atom is -0.368 e. The van der Waals surface area contributed by atoms with E-state index in [4.69, 9.17) is 5.73 Å². The summed E-state index contributed by atoms with van der Waals surface area (Å²) in [5.41, 5.74) is 6.25. The number of nitrogens with two attached hydrogens (primary N) is 1. The van der Waals surface area contributed by atoms with Crippen molar-refractivity contribution in [1.29, 1.82) is 0 Å². The Balaban J connectivity index is 2.67. The zero-order valence-corrected chi connectivity index (χ0v) is 12.1. The lowest BCUT2D eigenvalue weighted by Gasteiger charge is -2.21. The Morgan fingerprint density at radius 3 is 2.37 bits per heavy atom. The van der Waals surface area contributed by atoms with Crippen LogP contribution in [0.4, 0.5) is 5.95 Å². The van der Waals surface area contributed by atoms with Crippen LogP contribution in [0.2, 0.25) is 0 Å². The van der Waals surface area contributed by atoms with Gasteiger partial charge in [0.15, 0.2) is 0 Å². The summed E-state index contributed by atoms with van der Waals surface area (Å²) in [6.45, 7) is 9.74. The molecule has 0 aromatic carbocycles. The number of nitrogens with one attached hydrogen (secondary N) is 1. The third-order valence-corrected chi connectivity index (χ3v) is 2.53. The van der Waals surface area contributed by atoms with E-state index in [1.54, 1.807) is 17.3 Å². The summed E-state index contributed by atoms with van der Waals surface area (Å²) in [4.78, 5) is 21.2. The predicted octanol–water partition coefficient (Wildman–Crippen LogP) is 0.676. The highest BCUT2D eigenvalue weighted by atomic mass is 16.1. The van der Waals surface area contributed by atoms with Crippen molar-refractivity contribution in [2.75, 3.05) is 18.0 Å². The van der Waals surface area contributed by atoms with Gasteiger partial charge in [-0.1, -0.05) is 0 Å². The number of nitrogens with zero attached hydrogens (tertiary/aromatic N) is 3. The van der Waals surface area contributed by atoms with Gasteiger partial charge in [-0.25, -0.2) is 9.97 Å². The van der Waals surface area contributed by atoms with Crippen molar-refractivity contribution < 1.29 is 4.79 Å². The number of carbonyl (C=O) groups is 1. The molecule has 0 saturated carbocycles. The van der Waals surface area contributed by atoms with Gasteiger partial charge in [-0.05, 0) is 27.7 Å². The lowest BCUT2D eigenvalue weighted by molar-refractivity contribution is -0.116. The van der Waals surface area contributed by atoms with Crippen LogP contribution in [0.5, 0.6) is 0 Å². The highest BCUT2D eigenvalue weighted by Gasteiger charge is 2.11. The zero-order valence-electron chi connectivity index (χ0n) is 12.1. The Morgan fingerprint density at radius 1 is 1.37 bits per heavy atom. The van der Waals surface area contributed by atoms with Gasteiger partial charge in [0.1, 0.15) is 0 Å². The molecule has 6 nitrogen and oxygen atoms in total. The number of aromatic nitrogens is 2. The van der Waals surface area contributed by atoms with E-state index in [-0.39, 0.29) is 18.0 Å². The number of primary amides is 1. The van der Waals surface area contributed by atoms with Crippen LogP contribution in [-0.4, -0.2) is 34.5 Å². The van der Waals surface area contributed by atoms with Gasteiger partial charge in [-0.3, -0.25) is 4.79 Å². The molecule has 6 heteroatoms. The lowest BCUT2D eigenvalue weighted by Crippen LogP contribution is -2.36. The molecule has 0 saturated heterocycles. The highest BCUT2D eigenvalue weighted by molar-refractivity contribution is 5.78. The molecule has 0 unspecified atom stereocenters. The Labute approximate surface area is 114 Å². The number of amides is 1. The zero-order chi connectivity index (χ0) is 14.5. The van der Waals surface area contributed by atoms with Crippen LogP contribution >= 0.6 is 0 Å². The van der Waals surface area contributed by atoms with E-state index in [1.807, 2.05) is 6.92 Å². The summed E-state index contributed by atoms with van der Waals surface area (Å²) in [6.07, 6.45) is 3.54. The van der Waals surface area contributed by atoms with Gasteiger partial charge in [0.05, 0.1) is 6.54 Å². The predicted molar refractivity (Wildman–Crippen MR) is 75.7 cm³/mol. The number of likely N-dealkylation sites (N-methyl/N-ethyl adjacent to an activating group) is 1. The molecule has 0 aliphatic heterocycles. The second-order valence-electron chi connectivity index (χ2n) is 5.48. The van der Waals surface area contributed by atoms with Gasteiger partial charge < -0.3 is 16.0 Å². The fourth-order valence-electron chi connectivity index (χ4n) is 1.48. The molecule has 1 rings (SSSR count). The van der Waals surface area contributed by atoms with E-state index < -0.39 is 0 Å². The van der Waals surface area contributed by atoms with E-state index in [2.05, 4.69) is 36.1 Å². The SMILES string of the molecule is CCN(CC(N)=O)c1ncc(CNC(C)(C)C)cn1. The van der Waals surface area contributed by atoms with Crippen LogP contribution in [0.1, 0.15) is 33.3 Å². The maximum atomic E-state index is 10.9. The molecule has 19 heavy (non-hydrogen) atoms. The second kappa shape index (κ2) is 6.47. The summed E-state index contributed by atoms with van der Waals surface area (Å²) in [6, 6.07) is 0. The smallest absolute Gasteiger partial charge is 0.237 e. The Hall–Kier alpha value is -1.69. The molecule has 1 amide bonds. The first-order valence-corrected chi connectivity index (χ1v) is 6.41. The Kier molecular flexibility index (Phi) is 5.23. The minimum atomic E-state index is -0.385. The van der Waals surface area contributed by atoms with E-state index in [0.717, 1.165) is 5.56 Å². The molecule has 0 bridgehead atoms. The van der Waals surface area contributed by atoms with Crippen molar-refractivity contribution in [2.45, 2.75) is 39.8 Å². The molecule has 0 fully saturated rings. The average Bonchev–Trinajstić information content (AvgIpc) is 2.33. The largest absolute Gasteiger partial charge is 0.368 e. The van der Waals surface area contributed by atoms with Gasteiger partial charge >= 0.3 is 0 Å². The molecule has 0 radical (unpaired) electrons. The Bertz CT molecular complexity index is 410. The summed E-state index contributed by atoms with van der Waals surface area (Å²) in [5.74, 6) is 0.143. The number of hydrogen-bond acceptors (Lipinski definition) is 5. The molecule has 1 aromatic rings. The van der Waals surface area contributed by atoms with E-state index in [1.165, 1.54) is 0 Å². The molecular formula is C13H23N5O. The van der Waals surface area contributed by atoms with Crippen molar-refractivity contribution in [1.82, 2.24) is 15.3 Å². The van der Waals surface area contributed by atoms with Gasteiger partial charge in [-0.15, -0.1) is 0 Å². The standard InChI is InChI=1S/C13H23N5O/c1-5-18(9-11(14)19)12-15-6-10(7-16-12)8-17-13(2,3)4/h6-7,17H,5,8-9H2,1-4H3,(H2,14,19). The van der Waals surface area contributed by atoms with Crippen molar-refractivity contribution in [2.24, 2.45) is 5.73 Å². The second-order valence-corrected chi connectivity index (χ2v) is 5.48. The van der Waals surface area contributed by atoms with Crippen LogP contribution in [0.25, 0.3) is 0 Å². The van der Waals surface area contributed by atoms with Gasteiger partial charge in [-0.2, -0.15) is 0 Å². The minimum absolute atomic E-state index is 0.0556. The van der Waals surface area contributed by atoms with Crippen molar-refractivity contribution in [3.05, 3.63) is 18.0 Å². The first-order chi connectivity index (χ1) is 8.81. The summed E-state index contributed by atoms with van der Waals surface area (Å²) in [7, 11) is 0. The van der Waals surface area contributed by atoms with E-state index >= 15 is 0 Å². The van der Waals surface area contributed by atoms with Gasteiger partial charge in [0, 0.05) is 36.6 Å². The summed E-state index contributed by atoms with van der Waals surface area (Å²) >= 11 is 0. The summed E-state index contributed by atoms with van der Waals surface area (Å²) < 4.78 is 0. The fraction of sp³-hybridized carbons (Fsp3) is 0.615. The molecule has 0 spiro atoms. The maximum absolute atomic E-state index is 10.9. The number of carbonyl (C=O) groups excluding carboxylic acids is 1. The van der Waals surface area contributed by atoms with Gasteiger partial charge in [0.2, 0.25) is 11.9 Å². The molecule has 3 N–H and O–H groups in total. The van der Waals surface area contributed by atoms with Crippen LogP contribution in [0.3, 0.4) is 0 Å². The number of hydrogen-bond donors (Lipinski definition) is 2. The topological polar surface area (TPSA) is 84.1 Å². The molecular weight excluding hydrogens is 242 g/mol. The van der Waals surface area contributed by atoms with Crippen LogP contribution in [-0.2, 0) is 11.3 Å². The number of rotatable bonds is 6. The molecule has 0 aliphatic rings. The van der Waals surface area contributed by atoms with Crippen LogP contribution in [0, 0.1) is 0 Å². The number of anilines is 1. The molecule has 106 valence electrons. The van der Waals surface area contributed by atoms with Crippen LogP contribution in [0.15, 0.2) is 12.4 Å². The summed E-state index contributed by atoms with van der Waals surface area (Å²) in [5, 5.41) is 3.37. The van der Waals surface area contributed by atoms with Crippen LogP contribution < -0.4 is 16.0 Å². The molecule has 0 aliphatic carbocycles. The third-order valence-electron chi connectivity index (χ3n) is 2.53. The third kappa shape index (κ3) is 5.65. The molecule has 1 aromatic heterocycles. The maximum Gasteiger partial charge on any atom is 0.237 e. The first kappa shape index (κ1) is 15.4. The average molecular weight is 265 g/mol. The monoisotopic (exact) mass is 265 g/mol. The van der Waals surface area contributed by atoms with Crippen molar-refractivity contribution in [3.63, 3.8) is 0 Å². The highest BCUT2D eigenvalue weighted by Crippen LogP contribution is 2.08. The lowest BCUT2D eigenvalue weighted by atomic mass is 10.1. The van der Waals surface area contributed by atoms with E-state index in [9.17, 15) is 4.79 Å². The molecule has 0 atom stereocenters. The fourth-order valence-corrected chi connectivity index (χ4v) is 1.48. The van der Waals surface area contributed by atoms with Crippen molar-refractivity contribution >= 4 is 11.9 Å². The van der Waals surface area contributed by atoms with E-state index in [0.29, 0.717) is 19.0 Å².